The summed E-state index contributed by atoms with van der Waals surface area (Å²) in [5, 5.41) is 6.38. The molecule has 148 valence electrons. The monoisotopic (exact) mass is 498 g/mol. The SMILES string of the molecule is CCNC(=NCC1(c2cccc(F)c2)CC1)NCCCNS(C)(=O)=O.I. The van der Waals surface area contributed by atoms with Gasteiger partial charge in [0.2, 0.25) is 10.0 Å². The molecule has 0 aliphatic heterocycles. The van der Waals surface area contributed by atoms with Crippen LogP contribution in [-0.2, 0) is 15.4 Å². The van der Waals surface area contributed by atoms with Gasteiger partial charge in [0.05, 0.1) is 12.8 Å². The minimum atomic E-state index is -3.14. The Labute approximate surface area is 172 Å². The van der Waals surface area contributed by atoms with Crippen molar-refractivity contribution in [3.63, 3.8) is 0 Å². The number of nitrogens with zero attached hydrogens (tertiary/aromatic N) is 1. The topological polar surface area (TPSA) is 82.6 Å². The van der Waals surface area contributed by atoms with Crippen molar-refractivity contribution < 1.29 is 12.8 Å². The lowest BCUT2D eigenvalue weighted by Gasteiger charge is -2.16. The van der Waals surface area contributed by atoms with Crippen LogP contribution >= 0.6 is 24.0 Å². The summed E-state index contributed by atoms with van der Waals surface area (Å²) in [5.74, 6) is 0.487. The maximum Gasteiger partial charge on any atom is 0.208 e. The minimum absolute atomic E-state index is 0. The lowest BCUT2D eigenvalue weighted by Crippen LogP contribution is -2.39. The Bertz CT molecular complexity index is 708. The van der Waals surface area contributed by atoms with Crippen LogP contribution in [0.3, 0.4) is 0 Å². The van der Waals surface area contributed by atoms with E-state index in [1.165, 1.54) is 6.07 Å². The summed E-state index contributed by atoms with van der Waals surface area (Å²) in [6, 6.07) is 6.76. The van der Waals surface area contributed by atoms with Crippen molar-refractivity contribution in [2.75, 3.05) is 32.4 Å². The third kappa shape index (κ3) is 7.75. The Hall–Kier alpha value is -0.940. The molecule has 0 spiro atoms. The van der Waals surface area contributed by atoms with E-state index in [1.54, 1.807) is 12.1 Å². The highest BCUT2D eigenvalue weighted by molar-refractivity contribution is 14.0. The zero-order chi connectivity index (χ0) is 18.3. The molecule has 0 bridgehead atoms. The van der Waals surface area contributed by atoms with Gasteiger partial charge < -0.3 is 10.6 Å². The van der Waals surface area contributed by atoms with Crippen LogP contribution in [-0.4, -0.2) is 46.8 Å². The summed E-state index contributed by atoms with van der Waals surface area (Å²) in [6.45, 7) is 4.33. The van der Waals surface area contributed by atoms with Gasteiger partial charge in [0, 0.05) is 25.0 Å². The number of aliphatic imine (C=N–C) groups is 1. The average Bonchev–Trinajstić information content (AvgIpc) is 3.32. The van der Waals surface area contributed by atoms with E-state index >= 15 is 0 Å². The first-order chi connectivity index (χ1) is 11.8. The molecule has 0 atom stereocenters. The third-order valence-electron chi connectivity index (χ3n) is 4.18. The minimum Gasteiger partial charge on any atom is -0.357 e. The fraction of sp³-hybridized carbons (Fsp3) is 0.588. The first-order valence-corrected chi connectivity index (χ1v) is 10.5. The predicted molar refractivity (Wildman–Crippen MR) is 114 cm³/mol. The molecule has 1 aliphatic carbocycles. The molecule has 0 amide bonds. The van der Waals surface area contributed by atoms with Crippen molar-refractivity contribution in [3.05, 3.63) is 35.6 Å². The van der Waals surface area contributed by atoms with E-state index in [2.05, 4.69) is 20.3 Å². The summed E-state index contributed by atoms with van der Waals surface area (Å²) in [7, 11) is -3.14. The van der Waals surface area contributed by atoms with Crippen LogP contribution in [0, 0.1) is 5.82 Å². The van der Waals surface area contributed by atoms with Crippen LogP contribution in [0.5, 0.6) is 0 Å². The van der Waals surface area contributed by atoms with Crippen LogP contribution in [0.15, 0.2) is 29.3 Å². The smallest absolute Gasteiger partial charge is 0.208 e. The second kappa shape index (κ2) is 10.4. The first-order valence-electron chi connectivity index (χ1n) is 8.57. The highest BCUT2D eigenvalue weighted by Gasteiger charge is 2.44. The number of guanidine groups is 1. The Balaban J connectivity index is 0.00000338. The van der Waals surface area contributed by atoms with Crippen LogP contribution in [0.4, 0.5) is 4.39 Å². The van der Waals surface area contributed by atoms with Crippen molar-refractivity contribution in [1.29, 1.82) is 0 Å². The van der Waals surface area contributed by atoms with Gasteiger partial charge in [0.15, 0.2) is 5.96 Å². The Morgan fingerprint density at radius 2 is 2.00 bits per heavy atom. The number of benzene rings is 1. The summed E-state index contributed by atoms with van der Waals surface area (Å²) in [5.41, 5.74) is 0.951. The van der Waals surface area contributed by atoms with Crippen molar-refractivity contribution in [3.8, 4) is 0 Å². The molecule has 0 radical (unpaired) electrons. The molecule has 3 N–H and O–H groups in total. The molecule has 1 fully saturated rings. The van der Waals surface area contributed by atoms with E-state index in [0.717, 1.165) is 31.2 Å². The maximum atomic E-state index is 13.5. The number of sulfonamides is 1. The molecular weight excluding hydrogens is 470 g/mol. The molecule has 0 heterocycles. The van der Waals surface area contributed by atoms with Crippen molar-refractivity contribution in [2.24, 2.45) is 4.99 Å². The standard InChI is InChI=1S/C17H27FN4O2S.HI/c1-3-19-16(20-10-5-11-22-25(2,23)24)21-13-17(8-9-17)14-6-4-7-15(18)12-14;/h4,6-7,12,22H,3,5,8-11,13H2,1-2H3,(H2,19,20,21);1H. The number of nitrogens with one attached hydrogen (secondary N) is 3. The molecule has 9 heteroatoms. The number of hydrogen-bond acceptors (Lipinski definition) is 3. The van der Waals surface area contributed by atoms with E-state index in [4.69, 9.17) is 0 Å². The summed E-state index contributed by atoms with van der Waals surface area (Å²) < 4.78 is 37.9. The van der Waals surface area contributed by atoms with Crippen molar-refractivity contribution in [2.45, 2.75) is 31.6 Å². The fourth-order valence-electron chi connectivity index (χ4n) is 2.63. The highest BCUT2D eigenvalue weighted by Crippen LogP contribution is 2.48. The summed E-state index contributed by atoms with van der Waals surface area (Å²) >= 11 is 0. The molecule has 1 saturated carbocycles. The molecule has 6 nitrogen and oxygen atoms in total. The van der Waals surface area contributed by atoms with Gasteiger partial charge in [-0.3, -0.25) is 4.99 Å². The molecule has 0 saturated heterocycles. The first kappa shape index (κ1) is 23.1. The Morgan fingerprint density at radius 3 is 2.58 bits per heavy atom. The molecule has 0 aromatic heterocycles. The fourth-order valence-corrected chi connectivity index (χ4v) is 3.15. The number of rotatable bonds is 9. The van der Waals surface area contributed by atoms with Gasteiger partial charge in [-0.15, -0.1) is 24.0 Å². The maximum absolute atomic E-state index is 13.5. The van der Waals surface area contributed by atoms with Crippen molar-refractivity contribution >= 4 is 40.0 Å². The van der Waals surface area contributed by atoms with Gasteiger partial charge in [-0.2, -0.15) is 0 Å². The van der Waals surface area contributed by atoms with E-state index in [1.807, 2.05) is 13.0 Å². The zero-order valence-corrected chi connectivity index (χ0v) is 18.4. The lowest BCUT2D eigenvalue weighted by molar-refractivity contribution is 0.584. The summed E-state index contributed by atoms with van der Waals surface area (Å²) in [4.78, 5) is 4.63. The largest absolute Gasteiger partial charge is 0.357 e. The van der Waals surface area contributed by atoms with Crippen LogP contribution in [0.2, 0.25) is 0 Å². The van der Waals surface area contributed by atoms with Crippen LogP contribution in [0.1, 0.15) is 31.7 Å². The quantitative estimate of drug-likeness (QED) is 0.211. The van der Waals surface area contributed by atoms with Gasteiger partial charge >= 0.3 is 0 Å². The second-order valence-electron chi connectivity index (χ2n) is 6.43. The van der Waals surface area contributed by atoms with Crippen molar-refractivity contribution in [1.82, 2.24) is 15.4 Å². The number of hydrogen-bond donors (Lipinski definition) is 3. The third-order valence-corrected chi connectivity index (χ3v) is 4.91. The molecule has 2 rings (SSSR count). The van der Waals surface area contributed by atoms with Gasteiger partial charge in [0.1, 0.15) is 5.82 Å². The van der Waals surface area contributed by atoms with Crippen LogP contribution < -0.4 is 15.4 Å². The molecule has 1 aliphatic rings. The van der Waals surface area contributed by atoms with Crippen LogP contribution in [0.25, 0.3) is 0 Å². The highest BCUT2D eigenvalue weighted by atomic mass is 127. The lowest BCUT2D eigenvalue weighted by atomic mass is 9.96. The van der Waals surface area contributed by atoms with Gasteiger partial charge in [-0.1, -0.05) is 12.1 Å². The number of halogens is 2. The van der Waals surface area contributed by atoms with Gasteiger partial charge in [-0.25, -0.2) is 17.5 Å². The van der Waals surface area contributed by atoms with E-state index in [-0.39, 0.29) is 35.2 Å². The molecular formula is C17H28FIN4O2S. The van der Waals surface area contributed by atoms with Gasteiger partial charge in [-0.05, 0) is 43.9 Å². The molecule has 1 aromatic carbocycles. The van der Waals surface area contributed by atoms with Gasteiger partial charge in [0.25, 0.3) is 0 Å². The van der Waals surface area contributed by atoms with E-state index < -0.39 is 10.0 Å². The van der Waals surface area contributed by atoms with E-state index in [9.17, 15) is 12.8 Å². The summed E-state index contributed by atoms with van der Waals surface area (Å²) in [6.07, 6.45) is 3.83. The zero-order valence-electron chi connectivity index (χ0n) is 15.2. The molecule has 1 aromatic rings. The predicted octanol–water partition coefficient (Wildman–Crippen LogP) is 1.97. The second-order valence-corrected chi connectivity index (χ2v) is 8.27. The molecule has 0 unspecified atom stereocenters. The normalized spacial score (nSPS) is 15.9. The Kier molecular flexibility index (Phi) is 9.25. The Morgan fingerprint density at radius 1 is 1.27 bits per heavy atom. The average molecular weight is 498 g/mol. The molecule has 26 heavy (non-hydrogen) atoms. The van der Waals surface area contributed by atoms with E-state index in [0.29, 0.717) is 32.0 Å².